The second kappa shape index (κ2) is 11.4. The number of esters is 2. The number of methoxy groups -OCH3 is 1. The van der Waals surface area contributed by atoms with Crippen molar-refractivity contribution in [3.63, 3.8) is 0 Å². The van der Waals surface area contributed by atoms with Gasteiger partial charge in [0.15, 0.2) is 6.61 Å². The van der Waals surface area contributed by atoms with Gasteiger partial charge in [-0.3, -0.25) is 4.79 Å². The van der Waals surface area contributed by atoms with Gasteiger partial charge in [-0.25, -0.2) is 19.6 Å². The Hall–Kier alpha value is -5.37. The average Bonchev–Trinajstić information content (AvgIpc) is 2.99. The number of hydrogen-bond acceptors (Lipinski definition) is 7. The number of carbonyl (C=O) groups is 3. The molecule has 1 aromatic heterocycles. The molecule has 1 amide bonds. The normalized spacial score (nSPS) is 10.6. The highest BCUT2D eigenvalue weighted by molar-refractivity contribution is 6.02. The molecule has 0 saturated heterocycles. The zero-order chi connectivity index (χ0) is 27.2. The van der Waals surface area contributed by atoms with E-state index in [0.29, 0.717) is 16.7 Å². The van der Waals surface area contributed by atoms with E-state index in [2.05, 4.69) is 5.32 Å². The van der Waals surface area contributed by atoms with Crippen LogP contribution in [0.4, 0.5) is 5.69 Å². The van der Waals surface area contributed by atoms with Crippen molar-refractivity contribution in [2.24, 2.45) is 0 Å². The first kappa shape index (κ1) is 25.3. The molecule has 0 fully saturated rings. The van der Waals surface area contributed by atoms with Crippen molar-refractivity contribution < 1.29 is 23.9 Å². The van der Waals surface area contributed by atoms with E-state index < -0.39 is 24.5 Å². The smallest absolute Gasteiger partial charge is 0.339 e. The van der Waals surface area contributed by atoms with Gasteiger partial charge in [-0.15, -0.1) is 0 Å². The van der Waals surface area contributed by atoms with Crippen molar-refractivity contribution in [2.75, 3.05) is 19.0 Å². The Labute approximate surface area is 224 Å². The highest BCUT2D eigenvalue weighted by Gasteiger charge is 2.17. The molecule has 0 aliphatic heterocycles. The Morgan fingerprint density at radius 1 is 0.692 bits per heavy atom. The second-order valence-corrected chi connectivity index (χ2v) is 8.52. The minimum atomic E-state index is -0.691. The number of nitrogens with one attached hydrogen (secondary N) is 1. The van der Waals surface area contributed by atoms with E-state index in [1.807, 2.05) is 60.7 Å². The molecule has 39 heavy (non-hydrogen) atoms. The third kappa shape index (κ3) is 5.65. The zero-order valence-corrected chi connectivity index (χ0v) is 21.0. The summed E-state index contributed by atoms with van der Waals surface area (Å²) < 4.78 is 9.96. The van der Waals surface area contributed by atoms with Gasteiger partial charge in [0.05, 0.1) is 46.3 Å². The predicted molar refractivity (Wildman–Crippen MR) is 147 cm³/mol. The van der Waals surface area contributed by atoms with Crippen molar-refractivity contribution in [1.29, 1.82) is 0 Å². The molecule has 192 valence electrons. The number of anilines is 1. The van der Waals surface area contributed by atoms with Crippen LogP contribution < -0.4 is 5.32 Å². The molecule has 4 aromatic carbocycles. The lowest BCUT2D eigenvalue weighted by Crippen LogP contribution is -2.22. The molecule has 8 heteroatoms. The fourth-order valence-corrected chi connectivity index (χ4v) is 4.06. The number of rotatable bonds is 7. The summed E-state index contributed by atoms with van der Waals surface area (Å²) in [5.41, 5.74) is 5.03. The van der Waals surface area contributed by atoms with Gasteiger partial charge in [0.2, 0.25) is 0 Å². The fourth-order valence-electron chi connectivity index (χ4n) is 4.06. The van der Waals surface area contributed by atoms with E-state index in [0.717, 1.165) is 16.8 Å². The van der Waals surface area contributed by atoms with E-state index in [1.165, 1.54) is 13.2 Å². The number of aromatic nitrogens is 2. The first-order valence-corrected chi connectivity index (χ1v) is 12.1. The van der Waals surface area contributed by atoms with E-state index in [1.54, 1.807) is 36.4 Å². The lowest BCUT2D eigenvalue weighted by molar-refractivity contribution is -0.119. The summed E-state index contributed by atoms with van der Waals surface area (Å²) in [7, 11) is 1.25. The number of para-hydroxylation sites is 1. The van der Waals surface area contributed by atoms with Crippen LogP contribution >= 0.6 is 0 Å². The molecular weight excluding hydrogens is 494 g/mol. The van der Waals surface area contributed by atoms with Gasteiger partial charge < -0.3 is 14.8 Å². The van der Waals surface area contributed by atoms with Crippen LogP contribution in [-0.4, -0.2) is 41.5 Å². The standard InChI is InChI=1S/C31H23N3O5/c1-38-31(37)23-14-8-9-15-24(23)32-27(35)19-39-30(36)22-16-17-25-26(18-22)34-29(21-12-6-3-7-13-21)28(33-25)20-10-4-2-5-11-20/h2-18H,19H2,1H3,(H,32,35). The summed E-state index contributed by atoms with van der Waals surface area (Å²) in [6, 6.07) is 30.8. The number of carbonyl (C=O) groups excluding carboxylic acids is 3. The van der Waals surface area contributed by atoms with Crippen molar-refractivity contribution in [3.05, 3.63) is 114 Å². The van der Waals surface area contributed by atoms with Gasteiger partial charge in [-0.1, -0.05) is 72.8 Å². The lowest BCUT2D eigenvalue weighted by atomic mass is 10.0. The minimum Gasteiger partial charge on any atom is -0.465 e. The Balaban J connectivity index is 1.37. The number of benzene rings is 4. The molecule has 0 unspecified atom stereocenters. The highest BCUT2D eigenvalue weighted by atomic mass is 16.5. The minimum absolute atomic E-state index is 0.192. The first-order valence-electron chi connectivity index (χ1n) is 12.1. The molecule has 0 saturated carbocycles. The van der Waals surface area contributed by atoms with Gasteiger partial charge >= 0.3 is 11.9 Å². The van der Waals surface area contributed by atoms with E-state index in [9.17, 15) is 14.4 Å². The second-order valence-electron chi connectivity index (χ2n) is 8.52. The molecule has 0 aliphatic rings. The molecule has 8 nitrogen and oxygen atoms in total. The molecule has 0 bridgehead atoms. The van der Waals surface area contributed by atoms with Gasteiger partial charge in [0.1, 0.15) is 0 Å². The van der Waals surface area contributed by atoms with Gasteiger partial charge in [-0.05, 0) is 30.3 Å². The molecule has 0 atom stereocenters. The number of hydrogen-bond donors (Lipinski definition) is 1. The van der Waals surface area contributed by atoms with E-state index in [-0.39, 0.29) is 16.8 Å². The van der Waals surface area contributed by atoms with Crippen LogP contribution in [0.5, 0.6) is 0 Å². The summed E-state index contributed by atoms with van der Waals surface area (Å²) in [5, 5.41) is 2.57. The first-order chi connectivity index (χ1) is 19.0. The third-order valence-electron chi connectivity index (χ3n) is 5.94. The van der Waals surface area contributed by atoms with Crippen molar-refractivity contribution in [1.82, 2.24) is 9.97 Å². The Bertz CT molecular complexity index is 1670. The summed E-state index contributed by atoms with van der Waals surface area (Å²) in [6.07, 6.45) is 0. The van der Waals surface area contributed by atoms with Crippen molar-refractivity contribution in [2.45, 2.75) is 0 Å². The summed E-state index contributed by atoms with van der Waals surface area (Å²) in [4.78, 5) is 46.9. The topological polar surface area (TPSA) is 107 Å². The van der Waals surface area contributed by atoms with Crippen LogP contribution in [0.15, 0.2) is 103 Å². The van der Waals surface area contributed by atoms with Crippen molar-refractivity contribution in [3.8, 4) is 22.5 Å². The zero-order valence-electron chi connectivity index (χ0n) is 21.0. The summed E-state index contributed by atoms with van der Waals surface area (Å²) in [6.45, 7) is -0.541. The Morgan fingerprint density at radius 2 is 1.28 bits per heavy atom. The monoisotopic (exact) mass is 517 g/mol. The number of amides is 1. The third-order valence-corrected chi connectivity index (χ3v) is 5.94. The maximum atomic E-state index is 12.8. The predicted octanol–water partition coefficient (Wildman–Crippen LogP) is 5.55. The average molecular weight is 518 g/mol. The Morgan fingerprint density at radius 3 is 1.92 bits per heavy atom. The molecule has 5 aromatic rings. The van der Waals surface area contributed by atoms with E-state index >= 15 is 0 Å². The van der Waals surface area contributed by atoms with Gasteiger partial charge in [0.25, 0.3) is 5.91 Å². The number of ether oxygens (including phenoxy) is 2. The Kier molecular flexibility index (Phi) is 7.36. The quantitative estimate of drug-likeness (QED) is 0.282. The van der Waals surface area contributed by atoms with Crippen LogP contribution in [0, 0.1) is 0 Å². The fraction of sp³-hybridized carbons (Fsp3) is 0.0645. The highest BCUT2D eigenvalue weighted by Crippen LogP contribution is 2.31. The molecular formula is C31H23N3O5. The molecule has 1 heterocycles. The molecule has 1 N–H and O–H groups in total. The van der Waals surface area contributed by atoms with Crippen LogP contribution in [0.1, 0.15) is 20.7 Å². The van der Waals surface area contributed by atoms with Gasteiger partial charge in [-0.2, -0.15) is 0 Å². The van der Waals surface area contributed by atoms with Crippen LogP contribution in [0.25, 0.3) is 33.5 Å². The number of nitrogens with zero attached hydrogens (tertiary/aromatic N) is 2. The number of fused-ring (bicyclic) bond motifs is 1. The van der Waals surface area contributed by atoms with E-state index in [4.69, 9.17) is 19.4 Å². The largest absolute Gasteiger partial charge is 0.465 e. The van der Waals surface area contributed by atoms with Crippen LogP contribution in [0.2, 0.25) is 0 Å². The van der Waals surface area contributed by atoms with Crippen LogP contribution in [0.3, 0.4) is 0 Å². The molecule has 0 spiro atoms. The van der Waals surface area contributed by atoms with Gasteiger partial charge in [0, 0.05) is 11.1 Å². The molecule has 0 aliphatic carbocycles. The maximum Gasteiger partial charge on any atom is 0.339 e. The summed E-state index contributed by atoms with van der Waals surface area (Å²) >= 11 is 0. The summed E-state index contributed by atoms with van der Waals surface area (Å²) in [5.74, 6) is -1.88. The maximum absolute atomic E-state index is 12.8. The molecule has 5 rings (SSSR count). The van der Waals surface area contributed by atoms with Crippen molar-refractivity contribution >= 4 is 34.6 Å². The van der Waals surface area contributed by atoms with Crippen LogP contribution in [-0.2, 0) is 14.3 Å². The SMILES string of the molecule is COC(=O)c1ccccc1NC(=O)COC(=O)c1ccc2nc(-c3ccccc3)c(-c3ccccc3)nc2c1. The molecule has 0 radical (unpaired) electrons. The lowest BCUT2D eigenvalue weighted by Gasteiger charge is -2.12.